The Bertz CT molecular complexity index is 723. The lowest BCUT2D eigenvalue weighted by Crippen LogP contribution is -2.20. The van der Waals surface area contributed by atoms with Crippen LogP contribution in [0.2, 0.25) is 0 Å². The third-order valence-electron chi connectivity index (χ3n) is 4.23. The molecular weight excluding hydrogens is 374 g/mol. The van der Waals surface area contributed by atoms with Gasteiger partial charge in [0.1, 0.15) is 12.2 Å². The molecule has 1 fully saturated rings. The molecule has 0 aliphatic carbocycles. The van der Waals surface area contributed by atoms with Crippen molar-refractivity contribution in [3.05, 3.63) is 70.8 Å². The Labute approximate surface area is 151 Å². The summed E-state index contributed by atoms with van der Waals surface area (Å²) in [6, 6.07) is 8.90. The SMILES string of the molecule is CC1(C)O[C@H](c2ccc(C(F)(F)F)cc2)[C@@H](c2ccc(C(F)(F)F)cc2)O1. The first kappa shape index (κ1) is 19.7. The summed E-state index contributed by atoms with van der Waals surface area (Å²) in [5.74, 6) is -1.04. The van der Waals surface area contributed by atoms with Crippen molar-refractivity contribution in [1.82, 2.24) is 0 Å². The summed E-state index contributed by atoms with van der Waals surface area (Å²) < 4.78 is 88.1. The minimum atomic E-state index is -4.46. The van der Waals surface area contributed by atoms with Crippen molar-refractivity contribution >= 4 is 0 Å². The Kier molecular flexibility index (Phi) is 4.76. The molecule has 2 atom stereocenters. The minimum Gasteiger partial charge on any atom is -0.339 e. The van der Waals surface area contributed by atoms with E-state index in [1.54, 1.807) is 13.8 Å². The molecule has 2 nitrogen and oxygen atoms in total. The summed E-state index contributed by atoms with van der Waals surface area (Å²) in [4.78, 5) is 0. The van der Waals surface area contributed by atoms with Crippen LogP contribution in [0.5, 0.6) is 0 Å². The van der Waals surface area contributed by atoms with Gasteiger partial charge in [0.05, 0.1) is 11.1 Å². The smallest absolute Gasteiger partial charge is 0.339 e. The Morgan fingerprint density at radius 1 is 0.630 bits per heavy atom. The van der Waals surface area contributed by atoms with Crippen LogP contribution in [0.4, 0.5) is 26.3 Å². The van der Waals surface area contributed by atoms with Gasteiger partial charge in [0.25, 0.3) is 0 Å². The van der Waals surface area contributed by atoms with Gasteiger partial charge in [-0.15, -0.1) is 0 Å². The number of benzene rings is 2. The molecule has 0 bridgehead atoms. The summed E-state index contributed by atoms with van der Waals surface area (Å²) in [5.41, 5.74) is -0.706. The van der Waals surface area contributed by atoms with E-state index in [4.69, 9.17) is 9.47 Å². The molecule has 2 aromatic carbocycles. The molecule has 146 valence electrons. The van der Waals surface area contributed by atoms with E-state index in [0.717, 1.165) is 24.3 Å². The molecule has 1 heterocycles. The number of halogens is 6. The summed E-state index contributed by atoms with van der Waals surface area (Å²) >= 11 is 0. The first-order chi connectivity index (χ1) is 12.4. The fourth-order valence-corrected chi connectivity index (χ4v) is 2.97. The van der Waals surface area contributed by atoms with Gasteiger partial charge in [0.2, 0.25) is 0 Å². The average molecular weight is 390 g/mol. The normalized spacial score (nSPS) is 22.8. The van der Waals surface area contributed by atoms with E-state index < -0.39 is 41.5 Å². The minimum absolute atomic E-state index is 0.443. The van der Waals surface area contributed by atoms with E-state index in [0.29, 0.717) is 11.1 Å². The van der Waals surface area contributed by atoms with E-state index in [9.17, 15) is 26.3 Å². The van der Waals surface area contributed by atoms with Crippen LogP contribution in [0, 0.1) is 0 Å². The summed E-state index contributed by atoms with van der Waals surface area (Å²) in [5, 5.41) is 0. The topological polar surface area (TPSA) is 18.5 Å². The molecule has 1 aliphatic rings. The lowest BCUT2D eigenvalue weighted by molar-refractivity contribution is -0.147. The molecule has 0 spiro atoms. The molecule has 1 aliphatic heterocycles. The lowest BCUT2D eigenvalue weighted by atomic mass is 9.97. The van der Waals surface area contributed by atoms with Gasteiger partial charge in [-0.25, -0.2) is 0 Å². The van der Waals surface area contributed by atoms with Crippen molar-refractivity contribution < 1.29 is 35.8 Å². The van der Waals surface area contributed by atoms with Crippen LogP contribution in [-0.2, 0) is 21.8 Å². The molecule has 2 aromatic rings. The quantitative estimate of drug-likeness (QED) is 0.561. The second-order valence-electron chi connectivity index (χ2n) is 6.72. The summed E-state index contributed by atoms with van der Waals surface area (Å²) in [7, 11) is 0. The van der Waals surface area contributed by atoms with Crippen LogP contribution >= 0.6 is 0 Å². The molecule has 27 heavy (non-hydrogen) atoms. The molecule has 0 aromatic heterocycles. The number of ether oxygens (including phenoxy) is 2. The number of alkyl halides is 6. The fraction of sp³-hybridized carbons (Fsp3) is 0.368. The monoisotopic (exact) mass is 390 g/mol. The fourth-order valence-electron chi connectivity index (χ4n) is 2.97. The van der Waals surface area contributed by atoms with Crippen LogP contribution in [0.1, 0.15) is 48.3 Å². The number of hydrogen-bond acceptors (Lipinski definition) is 2. The van der Waals surface area contributed by atoms with Crippen molar-refractivity contribution in [3.63, 3.8) is 0 Å². The molecule has 0 saturated carbocycles. The first-order valence-electron chi connectivity index (χ1n) is 8.07. The molecule has 8 heteroatoms. The van der Waals surface area contributed by atoms with Gasteiger partial charge in [0.15, 0.2) is 5.79 Å². The van der Waals surface area contributed by atoms with E-state index in [2.05, 4.69) is 0 Å². The third kappa shape index (κ3) is 4.27. The lowest BCUT2D eigenvalue weighted by Gasteiger charge is -2.19. The standard InChI is InChI=1S/C19H16F6O2/c1-17(2)26-15(11-3-7-13(8-4-11)18(20,21)22)16(27-17)12-5-9-14(10-6-12)19(23,24)25/h3-10,15-16H,1-2H3/t15-,16-/m1/s1. The van der Waals surface area contributed by atoms with Gasteiger partial charge in [-0.05, 0) is 49.2 Å². The van der Waals surface area contributed by atoms with E-state index >= 15 is 0 Å². The van der Waals surface area contributed by atoms with Gasteiger partial charge in [-0.3, -0.25) is 0 Å². The summed E-state index contributed by atoms with van der Waals surface area (Å²) in [6.45, 7) is 3.27. The Morgan fingerprint density at radius 2 is 0.926 bits per heavy atom. The zero-order valence-corrected chi connectivity index (χ0v) is 14.4. The zero-order valence-electron chi connectivity index (χ0n) is 14.4. The van der Waals surface area contributed by atoms with Gasteiger partial charge in [0, 0.05) is 0 Å². The maximum Gasteiger partial charge on any atom is 0.416 e. The average Bonchev–Trinajstić information content (AvgIpc) is 2.89. The largest absolute Gasteiger partial charge is 0.416 e. The summed E-state index contributed by atoms with van der Waals surface area (Å²) in [6.07, 6.45) is -10.4. The van der Waals surface area contributed by atoms with Crippen LogP contribution in [0.3, 0.4) is 0 Å². The Morgan fingerprint density at radius 3 is 1.19 bits per heavy atom. The number of rotatable bonds is 2. The second-order valence-corrected chi connectivity index (χ2v) is 6.72. The Hall–Kier alpha value is -2.06. The van der Waals surface area contributed by atoms with Crippen LogP contribution in [0.15, 0.2) is 48.5 Å². The van der Waals surface area contributed by atoms with Crippen molar-refractivity contribution in [2.45, 2.75) is 44.2 Å². The van der Waals surface area contributed by atoms with Gasteiger partial charge < -0.3 is 9.47 Å². The van der Waals surface area contributed by atoms with Crippen LogP contribution in [0.25, 0.3) is 0 Å². The van der Waals surface area contributed by atoms with Crippen molar-refractivity contribution in [1.29, 1.82) is 0 Å². The van der Waals surface area contributed by atoms with Crippen molar-refractivity contribution in [3.8, 4) is 0 Å². The molecule has 3 rings (SSSR count). The maximum absolute atomic E-state index is 12.7. The molecule has 0 amide bonds. The third-order valence-corrected chi connectivity index (χ3v) is 4.23. The van der Waals surface area contributed by atoms with Gasteiger partial charge >= 0.3 is 12.4 Å². The van der Waals surface area contributed by atoms with Gasteiger partial charge in [-0.2, -0.15) is 26.3 Å². The molecule has 0 N–H and O–H groups in total. The zero-order chi connectivity index (χ0) is 20.0. The molecule has 0 unspecified atom stereocenters. The first-order valence-corrected chi connectivity index (χ1v) is 8.07. The van der Waals surface area contributed by atoms with E-state index in [-0.39, 0.29) is 0 Å². The van der Waals surface area contributed by atoms with E-state index in [1.807, 2.05) is 0 Å². The molecule has 0 radical (unpaired) electrons. The highest BCUT2D eigenvalue weighted by molar-refractivity contribution is 5.32. The predicted molar refractivity (Wildman–Crippen MR) is 84.6 cm³/mol. The van der Waals surface area contributed by atoms with E-state index in [1.165, 1.54) is 24.3 Å². The van der Waals surface area contributed by atoms with Crippen LogP contribution < -0.4 is 0 Å². The van der Waals surface area contributed by atoms with Crippen molar-refractivity contribution in [2.24, 2.45) is 0 Å². The molecule has 1 saturated heterocycles. The van der Waals surface area contributed by atoms with Crippen LogP contribution in [-0.4, -0.2) is 5.79 Å². The highest BCUT2D eigenvalue weighted by atomic mass is 19.4. The predicted octanol–water partition coefficient (Wildman–Crippen LogP) is 6.29. The second kappa shape index (κ2) is 6.53. The van der Waals surface area contributed by atoms with Gasteiger partial charge in [-0.1, -0.05) is 24.3 Å². The highest BCUT2D eigenvalue weighted by Crippen LogP contribution is 2.47. The highest BCUT2D eigenvalue weighted by Gasteiger charge is 2.43. The van der Waals surface area contributed by atoms with Crippen molar-refractivity contribution in [2.75, 3.05) is 0 Å². The number of hydrogen-bond donors (Lipinski definition) is 0. The molecular formula is C19H16F6O2. The Balaban J connectivity index is 1.91. The maximum atomic E-state index is 12.7.